The SMILES string of the molecule is O=[N+]([O-])c1cc(CNCc2ccccc2)ccc1Br. The number of nitro benzene ring substituents is 1. The van der Waals surface area contributed by atoms with E-state index in [-0.39, 0.29) is 10.6 Å². The van der Waals surface area contributed by atoms with Crippen molar-refractivity contribution in [1.29, 1.82) is 0 Å². The lowest BCUT2D eigenvalue weighted by Gasteiger charge is -2.05. The van der Waals surface area contributed by atoms with E-state index in [4.69, 9.17) is 0 Å². The van der Waals surface area contributed by atoms with E-state index in [1.54, 1.807) is 12.1 Å². The maximum Gasteiger partial charge on any atom is 0.283 e. The van der Waals surface area contributed by atoms with Gasteiger partial charge in [-0.05, 0) is 33.1 Å². The summed E-state index contributed by atoms with van der Waals surface area (Å²) in [6.45, 7) is 1.34. The highest BCUT2D eigenvalue weighted by molar-refractivity contribution is 9.10. The molecule has 5 heteroatoms. The van der Waals surface area contributed by atoms with Gasteiger partial charge in [-0.1, -0.05) is 36.4 Å². The third-order valence-corrected chi connectivity index (χ3v) is 3.38. The van der Waals surface area contributed by atoms with E-state index in [0.29, 0.717) is 11.0 Å². The van der Waals surface area contributed by atoms with E-state index in [1.807, 2.05) is 36.4 Å². The zero-order valence-electron chi connectivity index (χ0n) is 10.2. The molecule has 0 saturated heterocycles. The van der Waals surface area contributed by atoms with Crippen LogP contribution < -0.4 is 5.32 Å². The molecule has 0 heterocycles. The lowest BCUT2D eigenvalue weighted by Crippen LogP contribution is -2.12. The van der Waals surface area contributed by atoms with Gasteiger partial charge in [0.1, 0.15) is 0 Å². The zero-order valence-corrected chi connectivity index (χ0v) is 11.8. The van der Waals surface area contributed by atoms with Crippen LogP contribution in [0.15, 0.2) is 53.0 Å². The van der Waals surface area contributed by atoms with Crippen molar-refractivity contribution in [2.24, 2.45) is 0 Å². The Morgan fingerprint density at radius 3 is 2.42 bits per heavy atom. The normalized spacial score (nSPS) is 10.4. The first kappa shape index (κ1) is 13.7. The van der Waals surface area contributed by atoms with Crippen molar-refractivity contribution in [2.45, 2.75) is 13.1 Å². The molecule has 19 heavy (non-hydrogen) atoms. The first-order valence-corrected chi connectivity index (χ1v) is 6.63. The van der Waals surface area contributed by atoms with Crippen LogP contribution in [0.2, 0.25) is 0 Å². The monoisotopic (exact) mass is 320 g/mol. The summed E-state index contributed by atoms with van der Waals surface area (Å²) >= 11 is 3.17. The highest BCUT2D eigenvalue weighted by Gasteiger charge is 2.11. The summed E-state index contributed by atoms with van der Waals surface area (Å²) in [6.07, 6.45) is 0. The molecule has 0 saturated carbocycles. The van der Waals surface area contributed by atoms with E-state index in [0.717, 1.165) is 12.1 Å². The van der Waals surface area contributed by atoms with E-state index in [2.05, 4.69) is 21.2 Å². The Morgan fingerprint density at radius 2 is 1.74 bits per heavy atom. The topological polar surface area (TPSA) is 55.2 Å². The Labute approximate surface area is 119 Å². The average molecular weight is 321 g/mol. The Bertz CT molecular complexity index is 573. The second-order valence-corrected chi connectivity index (χ2v) is 4.99. The molecule has 0 aliphatic heterocycles. The first-order chi connectivity index (χ1) is 9.16. The number of nitrogens with zero attached hydrogens (tertiary/aromatic N) is 1. The van der Waals surface area contributed by atoms with Crippen LogP contribution >= 0.6 is 15.9 Å². The lowest BCUT2D eigenvalue weighted by molar-refractivity contribution is -0.385. The van der Waals surface area contributed by atoms with Gasteiger partial charge in [-0.3, -0.25) is 10.1 Å². The Hall–Kier alpha value is -1.72. The highest BCUT2D eigenvalue weighted by Crippen LogP contribution is 2.25. The quantitative estimate of drug-likeness (QED) is 0.675. The number of hydrogen-bond donors (Lipinski definition) is 1. The van der Waals surface area contributed by atoms with Gasteiger partial charge in [0.2, 0.25) is 0 Å². The van der Waals surface area contributed by atoms with Crippen LogP contribution in [0.25, 0.3) is 0 Å². The molecule has 0 bridgehead atoms. The fourth-order valence-corrected chi connectivity index (χ4v) is 2.15. The number of nitro groups is 1. The zero-order chi connectivity index (χ0) is 13.7. The van der Waals surface area contributed by atoms with Gasteiger partial charge in [-0.25, -0.2) is 0 Å². The standard InChI is InChI=1S/C14H13BrN2O2/c15-13-7-6-12(8-14(13)17(18)19)10-16-9-11-4-2-1-3-5-11/h1-8,16H,9-10H2. The molecule has 2 rings (SSSR count). The molecular formula is C14H13BrN2O2. The number of benzene rings is 2. The summed E-state index contributed by atoms with van der Waals surface area (Å²) in [5.41, 5.74) is 2.18. The van der Waals surface area contributed by atoms with Crippen molar-refractivity contribution in [3.63, 3.8) is 0 Å². The molecule has 0 radical (unpaired) electrons. The third-order valence-electron chi connectivity index (χ3n) is 2.71. The van der Waals surface area contributed by atoms with E-state index < -0.39 is 0 Å². The van der Waals surface area contributed by atoms with Gasteiger partial charge in [0.15, 0.2) is 0 Å². The maximum atomic E-state index is 10.8. The molecule has 4 nitrogen and oxygen atoms in total. The largest absolute Gasteiger partial charge is 0.309 e. The molecule has 0 aromatic heterocycles. The third kappa shape index (κ3) is 3.87. The highest BCUT2D eigenvalue weighted by atomic mass is 79.9. The minimum Gasteiger partial charge on any atom is -0.309 e. The van der Waals surface area contributed by atoms with Gasteiger partial charge in [0, 0.05) is 19.2 Å². The fourth-order valence-electron chi connectivity index (χ4n) is 1.76. The van der Waals surface area contributed by atoms with Crippen LogP contribution in [0.1, 0.15) is 11.1 Å². The predicted octanol–water partition coefficient (Wildman–Crippen LogP) is 3.65. The van der Waals surface area contributed by atoms with Crippen LogP contribution in [-0.4, -0.2) is 4.92 Å². The van der Waals surface area contributed by atoms with Gasteiger partial charge in [0.25, 0.3) is 5.69 Å². The summed E-state index contributed by atoms with van der Waals surface area (Å²) in [7, 11) is 0. The summed E-state index contributed by atoms with van der Waals surface area (Å²) in [4.78, 5) is 10.4. The molecule has 0 aliphatic carbocycles. The van der Waals surface area contributed by atoms with Crippen molar-refractivity contribution in [3.05, 3.63) is 74.2 Å². The van der Waals surface area contributed by atoms with Gasteiger partial charge >= 0.3 is 0 Å². The molecule has 98 valence electrons. The smallest absolute Gasteiger partial charge is 0.283 e. The molecule has 0 atom stereocenters. The van der Waals surface area contributed by atoms with Crippen molar-refractivity contribution in [1.82, 2.24) is 5.32 Å². The predicted molar refractivity (Wildman–Crippen MR) is 77.8 cm³/mol. The molecule has 2 aromatic rings. The van der Waals surface area contributed by atoms with Gasteiger partial charge in [-0.2, -0.15) is 0 Å². The number of hydrogen-bond acceptors (Lipinski definition) is 3. The molecule has 0 fully saturated rings. The van der Waals surface area contributed by atoms with Gasteiger partial charge in [-0.15, -0.1) is 0 Å². The average Bonchev–Trinajstić information content (AvgIpc) is 2.41. The summed E-state index contributed by atoms with van der Waals surface area (Å²) in [6, 6.07) is 15.2. The number of nitrogens with one attached hydrogen (secondary N) is 1. The van der Waals surface area contributed by atoms with Crippen molar-refractivity contribution >= 4 is 21.6 Å². The Kier molecular flexibility index (Phi) is 4.65. The van der Waals surface area contributed by atoms with Crippen molar-refractivity contribution in [3.8, 4) is 0 Å². The van der Waals surface area contributed by atoms with E-state index in [9.17, 15) is 10.1 Å². The molecule has 0 unspecified atom stereocenters. The molecule has 0 aliphatic rings. The van der Waals surface area contributed by atoms with Crippen LogP contribution in [0.5, 0.6) is 0 Å². The second-order valence-electron chi connectivity index (χ2n) is 4.13. The molecule has 0 spiro atoms. The Morgan fingerprint density at radius 1 is 1.05 bits per heavy atom. The van der Waals surface area contributed by atoms with Crippen LogP contribution in [0.3, 0.4) is 0 Å². The molecule has 2 aromatic carbocycles. The second kappa shape index (κ2) is 6.45. The molecular weight excluding hydrogens is 308 g/mol. The fraction of sp³-hybridized carbons (Fsp3) is 0.143. The molecule has 0 amide bonds. The minimum atomic E-state index is -0.384. The van der Waals surface area contributed by atoms with Crippen LogP contribution in [-0.2, 0) is 13.1 Å². The first-order valence-electron chi connectivity index (χ1n) is 5.84. The van der Waals surface area contributed by atoms with Gasteiger partial charge in [0.05, 0.1) is 9.40 Å². The minimum absolute atomic E-state index is 0.0963. The number of rotatable bonds is 5. The van der Waals surface area contributed by atoms with E-state index >= 15 is 0 Å². The summed E-state index contributed by atoms with van der Waals surface area (Å²) in [5, 5.41) is 14.1. The van der Waals surface area contributed by atoms with Gasteiger partial charge < -0.3 is 5.32 Å². The Balaban J connectivity index is 1.97. The van der Waals surface area contributed by atoms with Crippen molar-refractivity contribution in [2.75, 3.05) is 0 Å². The summed E-state index contributed by atoms with van der Waals surface area (Å²) in [5.74, 6) is 0. The van der Waals surface area contributed by atoms with E-state index in [1.165, 1.54) is 5.56 Å². The maximum absolute atomic E-state index is 10.8. The van der Waals surface area contributed by atoms with Crippen molar-refractivity contribution < 1.29 is 4.92 Å². The van der Waals surface area contributed by atoms with Crippen LogP contribution in [0, 0.1) is 10.1 Å². The lowest BCUT2D eigenvalue weighted by atomic mass is 10.2. The van der Waals surface area contributed by atoms with Crippen LogP contribution in [0.4, 0.5) is 5.69 Å². The number of halogens is 1. The summed E-state index contributed by atoms with van der Waals surface area (Å²) < 4.78 is 0.504. The molecule has 1 N–H and O–H groups in total.